The predicted molar refractivity (Wildman–Crippen MR) is 72.4 cm³/mol. The van der Waals surface area contributed by atoms with Gasteiger partial charge in [0.15, 0.2) is 0 Å². The summed E-state index contributed by atoms with van der Waals surface area (Å²) in [5.74, 6) is -0.918. The average Bonchev–Trinajstić information content (AvgIpc) is 3.16. The summed E-state index contributed by atoms with van der Waals surface area (Å²) in [6.45, 7) is 0.453. The molecule has 1 aliphatic carbocycles. The van der Waals surface area contributed by atoms with Crippen LogP contribution in [0.4, 0.5) is 10.1 Å². The van der Waals surface area contributed by atoms with Crippen molar-refractivity contribution in [3.05, 3.63) is 39.7 Å². The van der Waals surface area contributed by atoms with E-state index in [0.29, 0.717) is 12.4 Å². The van der Waals surface area contributed by atoms with Gasteiger partial charge in [0.25, 0.3) is 11.6 Å². The second-order valence-electron chi connectivity index (χ2n) is 5.04. The number of hydrogen-bond acceptors (Lipinski definition) is 3. The first kappa shape index (κ1) is 14.7. The van der Waals surface area contributed by atoms with Crippen LogP contribution >= 0.6 is 11.6 Å². The molecule has 1 aliphatic rings. The zero-order chi connectivity index (χ0) is 14.8. The first-order chi connectivity index (χ1) is 9.47. The maximum absolute atomic E-state index is 13.7. The molecule has 1 saturated carbocycles. The van der Waals surface area contributed by atoms with Gasteiger partial charge in [-0.2, -0.15) is 0 Å². The number of amides is 1. The van der Waals surface area contributed by atoms with E-state index < -0.39 is 16.6 Å². The first-order valence-electron chi connectivity index (χ1n) is 6.25. The molecule has 0 atom stereocenters. The molecule has 0 heterocycles. The standard InChI is InChI=1S/C13H14ClFN2O3/c14-6-5-13(3-4-13)8-16-12(18)10-2-1-9(17(19)20)7-11(10)15/h1-2,7H,3-6,8H2,(H,16,18). The van der Waals surface area contributed by atoms with Crippen LogP contribution in [0.3, 0.4) is 0 Å². The summed E-state index contributed by atoms with van der Waals surface area (Å²) < 4.78 is 13.7. The first-order valence-corrected chi connectivity index (χ1v) is 6.79. The van der Waals surface area contributed by atoms with Crippen LogP contribution in [-0.2, 0) is 0 Å². The Kier molecular flexibility index (Phi) is 4.23. The number of benzene rings is 1. The van der Waals surface area contributed by atoms with Crippen molar-refractivity contribution in [2.75, 3.05) is 12.4 Å². The van der Waals surface area contributed by atoms with Gasteiger partial charge in [-0.3, -0.25) is 14.9 Å². The Labute approximate surface area is 120 Å². The van der Waals surface area contributed by atoms with Crippen LogP contribution in [0.5, 0.6) is 0 Å². The summed E-state index contributed by atoms with van der Waals surface area (Å²) >= 11 is 5.69. The van der Waals surface area contributed by atoms with Crippen LogP contribution in [0.1, 0.15) is 29.6 Å². The molecule has 1 amide bonds. The lowest BCUT2D eigenvalue weighted by molar-refractivity contribution is -0.385. The molecule has 108 valence electrons. The van der Waals surface area contributed by atoms with Gasteiger partial charge in [-0.25, -0.2) is 4.39 Å². The van der Waals surface area contributed by atoms with Crippen molar-refractivity contribution in [3.63, 3.8) is 0 Å². The number of rotatable bonds is 6. The van der Waals surface area contributed by atoms with Gasteiger partial charge in [0.05, 0.1) is 16.6 Å². The molecule has 1 N–H and O–H groups in total. The number of alkyl halides is 1. The van der Waals surface area contributed by atoms with Gasteiger partial charge < -0.3 is 5.32 Å². The van der Waals surface area contributed by atoms with Crippen LogP contribution < -0.4 is 5.32 Å². The van der Waals surface area contributed by atoms with E-state index in [1.54, 1.807) is 0 Å². The molecular weight excluding hydrogens is 287 g/mol. The molecule has 0 radical (unpaired) electrons. The Balaban J connectivity index is 2.01. The van der Waals surface area contributed by atoms with Crippen molar-refractivity contribution in [1.82, 2.24) is 5.32 Å². The Hall–Kier alpha value is -1.69. The number of nitrogens with zero attached hydrogens (tertiary/aromatic N) is 1. The maximum atomic E-state index is 13.7. The molecule has 0 aromatic heterocycles. The zero-order valence-corrected chi connectivity index (χ0v) is 11.5. The van der Waals surface area contributed by atoms with Crippen LogP contribution in [0.2, 0.25) is 0 Å². The van der Waals surface area contributed by atoms with E-state index in [1.165, 1.54) is 0 Å². The highest BCUT2D eigenvalue weighted by atomic mass is 35.5. The number of non-ortho nitro benzene ring substituents is 1. The molecule has 0 bridgehead atoms. The highest BCUT2D eigenvalue weighted by molar-refractivity contribution is 6.17. The summed E-state index contributed by atoms with van der Waals surface area (Å²) in [7, 11) is 0. The molecule has 0 unspecified atom stereocenters. The molecule has 1 aromatic rings. The summed E-state index contributed by atoms with van der Waals surface area (Å²) in [4.78, 5) is 21.7. The molecule has 1 fully saturated rings. The molecule has 0 saturated heterocycles. The molecule has 7 heteroatoms. The topological polar surface area (TPSA) is 72.2 Å². The smallest absolute Gasteiger partial charge is 0.272 e. The van der Waals surface area contributed by atoms with Crippen molar-refractivity contribution in [1.29, 1.82) is 0 Å². The van der Waals surface area contributed by atoms with Gasteiger partial charge >= 0.3 is 0 Å². The fourth-order valence-electron chi connectivity index (χ4n) is 2.06. The summed E-state index contributed by atoms with van der Waals surface area (Å²) in [6.07, 6.45) is 2.82. The number of nitro groups is 1. The second kappa shape index (κ2) is 5.75. The maximum Gasteiger partial charge on any atom is 0.272 e. The normalized spacial score (nSPS) is 15.7. The van der Waals surface area contributed by atoms with Gasteiger partial charge in [-0.1, -0.05) is 0 Å². The van der Waals surface area contributed by atoms with Crippen LogP contribution in [0.25, 0.3) is 0 Å². The zero-order valence-electron chi connectivity index (χ0n) is 10.7. The third-order valence-electron chi connectivity index (χ3n) is 3.61. The summed E-state index contributed by atoms with van der Waals surface area (Å²) in [6, 6.07) is 2.99. The van der Waals surface area contributed by atoms with Gasteiger partial charge in [0, 0.05) is 18.5 Å². The summed E-state index contributed by atoms with van der Waals surface area (Å²) in [5, 5.41) is 13.2. The second-order valence-corrected chi connectivity index (χ2v) is 5.42. The Morgan fingerprint density at radius 2 is 2.20 bits per heavy atom. The lowest BCUT2D eigenvalue weighted by Crippen LogP contribution is -2.31. The molecule has 20 heavy (non-hydrogen) atoms. The predicted octanol–water partition coefficient (Wildman–Crippen LogP) is 2.87. The van der Waals surface area contributed by atoms with Crippen LogP contribution in [-0.4, -0.2) is 23.3 Å². The highest BCUT2D eigenvalue weighted by Crippen LogP contribution is 2.48. The van der Waals surface area contributed by atoms with E-state index in [1.807, 2.05) is 0 Å². The highest BCUT2D eigenvalue weighted by Gasteiger charge is 2.41. The van der Waals surface area contributed by atoms with Gasteiger partial charge in [0.2, 0.25) is 0 Å². The van der Waals surface area contributed by atoms with Crippen molar-refractivity contribution in [3.8, 4) is 0 Å². The van der Waals surface area contributed by atoms with Crippen molar-refractivity contribution in [2.24, 2.45) is 5.41 Å². The number of nitro benzene ring substituents is 1. The lowest BCUT2D eigenvalue weighted by atomic mass is 10.0. The van der Waals surface area contributed by atoms with Gasteiger partial charge in [0.1, 0.15) is 5.82 Å². The van der Waals surface area contributed by atoms with E-state index in [4.69, 9.17) is 11.6 Å². The Bertz CT molecular complexity index is 546. The van der Waals surface area contributed by atoms with Crippen molar-refractivity contribution in [2.45, 2.75) is 19.3 Å². The van der Waals surface area contributed by atoms with E-state index in [0.717, 1.165) is 37.5 Å². The molecule has 5 nitrogen and oxygen atoms in total. The van der Waals surface area contributed by atoms with Gasteiger partial charge in [-0.05, 0) is 30.7 Å². The monoisotopic (exact) mass is 300 g/mol. The minimum atomic E-state index is -0.890. The number of nitrogens with one attached hydrogen (secondary N) is 1. The molecular formula is C13H14ClFN2O3. The molecule has 0 spiro atoms. The quantitative estimate of drug-likeness (QED) is 0.499. The average molecular weight is 301 g/mol. The Morgan fingerprint density at radius 1 is 1.50 bits per heavy atom. The fraction of sp³-hybridized carbons (Fsp3) is 0.462. The van der Waals surface area contributed by atoms with Crippen LogP contribution in [0, 0.1) is 21.3 Å². The van der Waals surface area contributed by atoms with E-state index in [2.05, 4.69) is 5.32 Å². The molecule has 1 aromatic carbocycles. The third-order valence-corrected chi connectivity index (χ3v) is 3.80. The summed E-state index contributed by atoms with van der Waals surface area (Å²) in [5.41, 5.74) is -0.508. The number of hydrogen-bond donors (Lipinski definition) is 1. The minimum absolute atomic E-state index is 0.0503. The Morgan fingerprint density at radius 3 is 2.70 bits per heavy atom. The SMILES string of the molecule is O=C(NCC1(CCCl)CC1)c1ccc([N+](=O)[O-])cc1F. The van der Waals surface area contributed by atoms with Crippen LogP contribution in [0.15, 0.2) is 18.2 Å². The van der Waals surface area contributed by atoms with Crippen molar-refractivity contribution >= 4 is 23.2 Å². The minimum Gasteiger partial charge on any atom is -0.351 e. The number of carbonyl (C=O) groups is 1. The number of halogens is 2. The third kappa shape index (κ3) is 3.25. The lowest BCUT2D eigenvalue weighted by Gasteiger charge is -2.14. The van der Waals surface area contributed by atoms with E-state index >= 15 is 0 Å². The van der Waals surface area contributed by atoms with E-state index in [-0.39, 0.29) is 16.7 Å². The number of carbonyl (C=O) groups excluding carboxylic acids is 1. The molecule has 0 aliphatic heterocycles. The van der Waals surface area contributed by atoms with Gasteiger partial charge in [-0.15, -0.1) is 11.6 Å². The van der Waals surface area contributed by atoms with E-state index in [9.17, 15) is 19.3 Å². The largest absolute Gasteiger partial charge is 0.351 e. The fourth-order valence-corrected chi connectivity index (χ4v) is 2.46. The van der Waals surface area contributed by atoms with Crippen molar-refractivity contribution < 1.29 is 14.1 Å². The molecule has 2 rings (SSSR count).